The molecule has 0 bridgehead atoms. The van der Waals surface area contributed by atoms with Crippen molar-refractivity contribution in [2.45, 2.75) is 45.9 Å². The Kier molecular flexibility index (Phi) is 3.97. The summed E-state index contributed by atoms with van der Waals surface area (Å²) in [6.07, 6.45) is 2.42. The van der Waals surface area contributed by atoms with Crippen molar-refractivity contribution in [3.05, 3.63) is 34.9 Å². The molecule has 16 heavy (non-hydrogen) atoms. The summed E-state index contributed by atoms with van der Waals surface area (Å²) in [5, 5.41) is 3.55. The van der Waals surface area contributed by atoms with Gasteiger partial charge < -0.3 is 10.1 Å². The van der Waals surface area contributed by atoms with Gasteiger partial charge in [-0.1, -0.05) is 38.5 Å². The first-order valence-electron chi connectivity index (χ1n) is 6.28. The molecule has 1 heterocycles. The average molecular weight is 219 g/mol. The molecular formula is C14H21NO. The van der Waals surface area contributed by atoms with Crippen LogP contribution in [0.15, 0.2) is 18.2 Å². The highest BCUT2D eigenvalue weighted by Crippen LogP contribution is 2.25. The van der Waals surface area contributed by atoms with Gasteiger partial charge in [-0.05, 0) is 29.7 Å². The van der Waals surface area contributed by atoms with E-state index in [1.54, 1.807) is 0 Å². The van der Waals surface area contributed by atoms with Gasteiger partial charge in [0.25, 0.3) is 0 Å². The molecule has 1 N–H and O–H groups in total. The Bertz CT molecular complexity index is 343. The van der Waals surface area contributed by atoms with Gasteiger partial charge in [0.2, 0.25) is 0 Å². The summed E-state index contributed by atoms with van der Waals surface area (Å²) in [7, 11) is 0. The summed E-state index contributed by atoms with van der Waals surface area (Å²) >= 11 is 0. The first-order valence-corrected chi connectivity index (χ1v) is 6.28. The van der Waals surface area contributed by atoms with Crippen molar-refractivity contribution in [3.8, 4) is 0 Å². The summed E-state index contributed by atoms with van der Waals surface area (Å²) < 4.78 is 5.45. The van der Waals surface area contributed by atoms with Crippen molar-refractivity contribution in [1.82, 2.24) is 5.32 Å². The third-order valence-corrected chi connectivity index (χ3v) is 3.18. The van der Waals surface area contributed by atoms with Crippen molar-refractivity contribution in [2.75, 3.05) is 6.54 Å². The van der Waals surface area contributed by atoms with E-state index in [1.165, 1.54) is 29.5 Å². The second kappa shape index (κ2) is 5.46. The number of hydrogen-bond acceptors (Lipinski definition) is 2. The molecule has 1 aliphatic heterocycles. The molecule has 1 aromatic carbocycles. The highest BCUT2D eigenvalue weighted by Gasteiger charge is 2.15. The Morgan fingerprint density at radius 2 is 2.06 bits per heavy atom. The average Bonchev–Trinajstić information content (AvgIpc) is 2.75. The van der Waals surface area contributed by atoms with Crippen LogP contribution in [0.25, 0.3) is 0 Å². The van der Waals surface area contributed by atoms with E-state index >= 15 is 0 Å². The first kappa shape index (κ1) is 11.6. The highest BCUT2D eigenvalue weighted by atomic mass is 16.5. The quantitative estimate of drug-likeness (QED) is 0.821. The lowest BCUT2D eigenvalue weighted by atomic mass is 9.98. The van der Waals surface area contributed by atoms with E-state index in [4.69, 9.17) is 4.74 Å². The maximum atomic E-state index is 5.45. The van der Waals surface area contributed by atoms with E-state index < -0.39 is 0 Å². The van der Waals surface area contributed by atoms with Crippen LogP contribution < -0.4 is 5.32 Å². The number of rotatable bonds is 5. The molecule has 0 spiro atoms. The van der Waals surface area contributed by atoms with E-state index in [0.29, 0.717) is 6.04 Å². The summed E-state index contributed by atoms with van der Waals surface area (Å²) in [5.74, 6) is 0. The van der Waals surface area contributed by atoms with Crippen molar-refractivity contribution >= 4 is 0 Å². The Balaban J connectivity index is 2.17. The van der Waals surface area contributed by atoms with Gasteiger partial charge in [0.15, 0.2) is 0 Å². The van der Waals surface area contributed by atoms with E-state index in [2.05, 4.69) is 37.4 Å². The Morgan fingerprint density at radius 1 is 1.25 bits per heavy atom. The number of nitrogens with one attached hydrogen (secondary N) is 1. The van der Waals surface area contributed by atoms with Crippen LogP contribution in [0.3, 0.4) is 0 Å². The number of ether oxygens (including phenoxy) is 1. The molecule has 0 saturated carbocycles. The van der Waals surface area contributed by atoms with Crippen molar-refractivity contribution < 1.29 is 4.74 Å². The molecule has 2 nitrogen and oxygen atoms in total. The van der Waals surface area contributed by atoms with Crippen LogP contribution in [-0.2, 0) is 18.0 Å². The standard InChI is InChI=1S/C14H21NO/c1-3-5-14(15-4-2)11-6-7-12-9-16-10-13(12)8-11/h6-8,14-15H,3-5,9-10H2,1-2H3. The lowest BCUT2D eigenvalue weighted by Gasteiger charge is -2.18. The van der Waals surface area contributed by atoms with Crippen LogP contribution >= 0.6 is 0 Å². The van der Waals surface area contributed by atoms with Gasteiger partial charge in [-0.3, -0.25) is 0 Å². The molecule has 2 rings (SSSR count). The van der Waals surface area contributed by atoms with Crippen molar-refractivity contribution in [1.29, 1.82) is 0 Å². The fourth-order valence-electron chi connectivity index (χ4n) is 2.33. The van der Waals surface area contributed by atoms with Crippen LogP contribution in [0.4, 0.5) is 0 Å². The van der Waals surface area contributed by atoms with E-state index in [9.17, 15) is 0 Å². The van der Waals surface area contributed by atoms with Crippen molar-refractivity contribution in [2.24, 2.45) is 0 Å². The highest BCUT2D eigenvalue weighted by molar-refractivity contribution is 5.34. The molecule has 1 atom stereocenters. The second-order valence-corrected chi connectivity index (χ2v) is 4.42. The molecule has 88 valence electrons. The Morgan fingerprint density at radius 3 is 2.81 bits per heavy atom. The molecule has 0 amide bonds. The normalized spacial score (nSPS) is 16.1. The Labute approximate surface area is 98.0 Å². The van der Waals surface area contributed by atoms with Gasteiger partial charge in [0.1, 0.15) is 0 Å². The summed E-state index contributed by atoms with van der Waals surface area (Å²) in [4.78, 5) is 0. The molecule has 0 aromatic heterocycles. The summed E-state index contributed by atoms with van der Waals surface area (Å²) in [6.45, 7) is 7.00. The lowest BCUT2D eigenvalue weighted by Crippen LogP contribution is -2.20. The first-order chi connectivity index (χ1) is 7.85. The molecular weight excluding hydrogens is 198 g/mol. The second-order valence-electron chi connectivity index (χ2n) is 4.42. The zero-order valence-corrected chi connectivity index (χ0v) is 10.3. The van der Waals surface area contributed by atoms with Crippen LogP contribution in [0.2, 0.25) is 0 Å². The van der Waals surface area contributed by atoms with Crippen LogP contribution in [-0.4, -0.2) is 6.54 Å². The third kappa shape index (κ3) is 2.45. The number of fused-ring (bicyclic) bond motifs is 1. The fourth-order valence-corrected chi connectivity index (χ4v) is 2.33. The molecule has 0 radical (unpaired) electrons. The number of hydrogen-bond donors (Lipinski definition) is 1. The summed E-state index contributed by atoms with van der Waals surface area (Å²) in [5.41, 5.74) is 4.14. The Hall–Kier alpha value is -0.860. The largest absolute Gasteiger partial charge is 0.372 e. The number of benzene rings is 1. The minimum atomic E-state index is 0.501. The van der Waals surface area contributed by atoms with Crippen LogP contribution in [0.5, 0.6) is 0 Å². The van der Waals surface area contributed by atoms with Crippen molar-refractivity contribution in [3.63, 3.8) is 0 Å². The third-order valence-electron chi connectivity index (χ3n) is 3.18. The van der Waals surface area contributed by atoms with Gasteiger partial charge in [-0.25, -0.2) is 0 Å². The van der Waals surface area contributed by atoms with Gasteiger partial charge in [-0.2, -0.15) is 0 Å². The zero-order chi connectivity index (χ0) is 11.4. The maximum Gasteiger partial charge on any atom is 0.0725 e. The lowest BCUT2D eigenvalue weighted by molar-refractivity contribution is 0.134. The molecule has 1 unspecified atom stereocenters. The maximum absolute atomic E-state index is 5.45. The van der Waals surface area contributed by atoms with E-state index in [1.807, 2.05) is 0 Å². The molecule has 1 aliphatic rings. The van der Waals surface area contributed by atoms with Gasteiger partial charge in [-0.15, -0.1) is 0 Å². The molecule has 1 aromatic rings. The predicted octanol–water partition coefficient (Wildman–Crippen LogP) is 3.17. The molecule has 0 fully saturated rings. The predicted molar refractivity (Wildman–Crippen MR) is 66.3 cm³/mol. The van der Waals surface area contributed by atoms with E-state index in [0.717, 1.165) is 19.8 Å². The SMILES string of the molecule is CCCC(NCC)c1ccc2c(c1)COC2. The zero-order valence-electron chi connectivity index (χ0n) is 10.3. The fraction of sp³-hybridized carbons (Fsp3) is 0.571. The van der Waals surface area contributed by atoms with E-state index in [-0.39, 0.29) is 0 Å². The summed E-state index contributed by atoms with van der Waals surface area (Å²) in [6, 6.07) is 7.28. The smallest absolute Gasteiger partial charge is 0.0725 e. The van der Waals surface area contributed by atoms with Gasteiger partial charge in [0.05, 0.1) is 13.2 Å². The van der Waals surface area contributed by atoms with Crippen LogP contribution in [0, 0.1) is 0 Å². The van der Waals surface area contributed by atoms with Gasteiger partial charge in [0, 0.05) is 6.04 Å². The topological polar surface area (TPSA) is 21.3 Å². The van der Waals surface area contributed by atoms with Crippen LogP contribution in [0.1, 0.15) is 49.4 Å². The monoisotopic (exact) mass is 219 g/mol. The molecule has 0 saturated heterocycles. The minimum absolute atomic E-state index is 0.501. The minimum Gasteiger partial charge on any atom is -0.372 e. The van der Waals surface area contributed by atoms with Gasteiger partial charge >= 0.3 is 0 Å². The molecule has 2 heteroatoms. The molecule has 0 aliphatic carbocycles.